The molecule has 5 nitrogen and oxygen atoms in total. The molecule has 0 amide bonds. The first-order valence-corrected chi connectivity index (χ1v) is 13.1. The molecule has 24 heavy (non-hydrogen) atoms. The molecule has 0 bridgehead atoms. The van der Waals surface area contributed by atoms with E-state index < -0.39 is 8.07 Å². The number of rotatable bonds is 7. The largest absolute Gasteiger partial charge is 0.480 e. The van der Waals surface area contributed by atoms with Gasteiger partial charge in [0, 0.05) is 6.92 Å². The van der Waals surface area contributed by atoms with Crippen molar-refractivity contribution in [2.24, 2.45) is 15.9 Å². The Morgan fingerprint density at radius 1 is 1.17 bits per heavy atom. The number of aliphatic imine (C=N–C) groups is 2. The Balaban J connectivity index is 2.99. The van der Waals surface area contributed by atoms with E-state index in [9.17, 15) is 4.79 Å². The highest BCUT2D eigenvalue weighted by atomic mass is 32.2. The zero-order valence-electron chi connectivity index (χ0n) is 16.1. The van der Waals surface area contributed by atoms with Crippen LogP contribution >= 0.6 is 11.8 Å². The number of thioether (sulfide) groups is 1. The van der Waals surface area contributed by atoms with E-state index in [1.807, 2.05) is 13.8 Å². The molecule has 0 aromatic heterocycles. The van der Waals surface area contributed by atoms with Crippen LogP contribution in [0.4, 0.5) is 0 Å². The number of hydrogen-bond acceptors (Lipinski definition) is 6. The lowest BCUT2D eigenvalue weighted by Crippen LogP contribution is -2.43. The van der Waals surface area contributed by atoms with Gasteiger partial charge in [-0.3, -0.25) is 4.79 Å². The molecule has 1 heterocycles. The molecule has 0 N–H and O–H groups in total. The molecule has 138 valence electrons. The van der Waals surface area contributed by atoms with Crippen molar-refractivity contribution in [2.75, 3.05) is 18.6 Å². The van der Waals surface area contributed by atoms with Crippen LogP contribution in [0, 0.1) is 5.92 Å². The van der Waals surface area contributed by atoms with E-state index in [2.05, 4.69) is 26.9 Å². The van der Waals surface area contributed by atoms with Gasteiger partial charge in [0.25, 0.3) is 0 Å². The average Bonchev–Trinajstić information content (AvgIpc) is 2.47. The SMILES string of the molecule is CCOC1=N[C@H](C(C)C)C(OCC)=N[C@@H]1C[Si](C)(C)CSC(C)=O. The van der Waals surface area contributed by atoms with Crippen molar-refractivity contribution in [3.8, 4) is 0 Å². The molecule has 1 aliphatic rings. The second-order valence-electron chi connectivity index (χ2n) is 7.15. The lowest BCUT2D eigenvalue weighted by Gasteiger charge is -2.31. The quantitative estimate of drug-likeness (QED) is 0.638. The highest BCUT2D eigenvalue weighted by Gasteiger charge is 2.35. The molecule has 2 atom stereocenters. The Kier molecular flexibility index (Phi) is 8.49. The number of carbonyl (C=O) groups excluding carboxylic acids is 1. The first-order valence-electron chi connectivity index (χ1n) is 8.74. The summed E-state index contributed by atoms with van der Waals surface area (Å²) in [7, 11) is -1.61. The third-order valence-electron chi connectivity index (χ3n) is 3.72. The van der Waals surface area contributed by atoms with E-state index >= 15 is 0 Å². The number of nitrogens with zero attached hydrogens (tertiary/aromatic N) is 2. The standard InChI is InChI=1S/C17H32N2O3SSi/c1-8-21-16-14(10-24(6,7)11-23-13(5)20)18-17(22-9-2)15(19-16)12(3)4/h12,14-15H,8-11H2,1-7H3/t14-,15-/m1/s1. The topological polar surface area (TPSA) is 60.2 Å². The molecule has 0 saturated heterocycles. The Morgan fingerprint density at radius 2 is 1.75 bits per heavy atom. The minimum atomic E-state index is -1.61. The van der Waals surface area contributed by atoms with Crippen molar-refractivity contribution in [3.63, 3.8) is 0 Å². The summed E-state index contributed by atoms with van der Waals surface area (Å²) in [4.78, 5) is 21.0. The molecule has 0 aliphatic carbocycles. The molecule has 0 fully saturated rings. The van der Waals surface area contributed by atoms with Crippen LogP contribution in [0.2, 0.25) is 19.1 Å². The van der Waals surface area contributed by atoms with Crippen molar-refractivity contribution in [3.05, 3.63) is 0 Å². The number of hydrogen-bond donors (Lipinski definition) is 0. The Bertz CT molecular complexity index is 492. The summed E-state index contributed by atoms with van der Waals surface area (Å²) in [5.41, 5.74) is 0. The van der Waals surface area contributed by atoms with Crippen molar-refractivity contribution < 1.29 is 14.3 Å². The summed E-state index contributed by atoms with van der Waals surface area (Å²) >= 11 is 1.42. The molecular formula is C17H32N2O3SSi. The van der Waals surface area contributed by atoms with E-state index in [0.717, 1.165) is 23.2 Å². The first kappa shape index (κ1) is 21.2. The fraction of sp³-hybridized carbons (Fsp3) is 0.824. The first-order chi connectivity index (χ1) is 11.2. The van der Waals surface area contributed by atoms with Crippen LogP contribution in [0.1, 0.15) is 34.6 Å². The minimum Gasteiger partial charge on any atom is -0.480 e. The van der Waals surface area contributed by atoms with Crippen molar-refractivity contribution in [1.82, 2.24) is 0 Å². The van der Waals surface area contributed by atoms with Gasteiger partial charge in [-0.15, -0.1) is 0 Å². The summed E-state index contributed by atoms with van der Waals surface area (Å²) in [5.74, 6) is 1.77. The van der Waals surface area contributed by atoms with Gasteiger partial charge in [-0.05, 0) is 31.2 Å². The minimum absolute atomic E-state index is 0.0703. The molecule has 0 aromatic carbocycles. The fourth-order valence-corrected chi connectivity index (χ4v) is 6.72. The van der Waals surface area contributed by atoms with Gasteiger partial charge in [-0.1, -0.05) is 38.7 Å². The van der Waals surface area contributed by atoms with Crippen LogP contribution in [-0.2, 0) is 14.3 Å². The normalized spacial score (nSPS) is 21.3. The van der Waals surface area contributed by atoms with Crippen LogP contribution in [0.25, 0.3) is 0 Å². The van der Waals surface area contributed by atoms with Crippen LogP contribution in [0.3, 0.4) is 0 Å². The summed E-state index contributed by atoms with van der Waals surface area (Å²) in [6.07, 6.45) is 0. The van der Waals surface area contributed by atoms with Crippen LogP contribution < -0.4 is 0 Å². The van der Waals surface area contributed by atoms with Crippen molar-refractivity contribution in [1.29, 1.82) is 0 Å². The zero-order valence-corrected chi connectivity index (χ0v) is 17.9. The number of ether oxygens (including phenoxy) is 2. The second kappa shape index (κ2) is 9.61. The Morgan fingerprint density at radius 3 is 2.25 bits per heavy atom. The lowest BCUT2D eigenvalue weighted by atomic mass is 10.0. The van der Waals surface area contributed by atoms with Gasteiger partial charge < -0.3 is 9.47 Å². The number of carbonyl (C=O) groups is 1. The maximum atomic E-state index is 11.3. The van der Waals surface area contributed by atoms with Gasteiger partial charge >= 0.3 is 0 Å². The molecule has 0 saturated carbocycles. The molecule has 1 rings (SSSR count). The summed E-state index contributed by atoms with van der Waals surface area (Å²) in [6.45, 7) is 15.6. The molecule has 0 unspecified atom stereocenters. The molecular weight excluding hydrogens is 340 g/mol. The van der Waals surface area contributed by atoms with E-state index in [1.54, 1.807) is 6.92 Å². The summed E-state index contributed by atoms with van der Waals surface area (Å²) < 4.78 is 11.6. The predicted molar refractivity (Wildman–Crippen MR) is 106 cm³/mol. The smallest absolute Gasteiger partial charge is 0.209 e. The zero-order chi connectivity index (χ0) is 18.3. The fourth-order valence-electron chi connectivity index (χ4n) is 2.56. The van der Waals surface area contributed by atoms with Gasteiger partial charge in [0.15, 0.2) is 5.12 Å². The highest BCUT2D eigenvalue weighted by Crippen LogP contribution is 2.26. The van der Waals surface area contributed by atoms with Gasteiger partial charge in [-0.25, -0.2) is 9.98 Å². The predicted octanol–water partition coefficient (Wildman–Crippen LogP) is 3.79. The van der Waals surface area contributed by atoms with Crippen molar-refractivity contribution in [2.45, 2.75) is 65.8 Å². The highest BCUT2D eigenvalue weighted by molar-refractivity contribution is 8.14. The maximum absolute atomic E-state index is 11.3. The summed E-state index contributed by atoms with van der Waals surface area (Å²) in [5, 5.41) is 1.07. The lowest BCUT2D eigenvalue weighted by molar-refractivity contribution is -0.109. The van der Waals surface area contributed by atoms with Crippen LogP contribution in [0.15, 0.2) is 9.98 Å². The van der Waals surface area contributed by atoms with E-state index in [1.165, 1.54) is 11.8 Å². The average molecular weight is 373 g/mol. The maximum Gasteiger partial charge on any atom is 0.209 e. The van der Waals surface area contributed by atoms with E-state index in [0.29, 0.717) is 19.1 Å². The second-order valence-corrected chi connectivity index (χ2v) is 13.9. The van der Waals surface area contributed by atoms with Crippen molar-refractivity contribution >= 4 is 36.7 Å². The third kappa shape index (κ3) is 6.59. The molecule has 0 spiro atoms. The van der Waals surface area contributed by atoms with Gasteiger partial charge in [0.2, 0.25) is 11.8 Å². The molecule has 0 aromatic rings. The van der Waals surface area contributed by atoms with Crippen LogP contribution in [-0.4, -0.2) is 55.7 Å². The van der Waals surface area contributed by atoms with Gasteiger partial charge in [-0.2, -0.15) is 0 Å². The van der Waals surface area contributed by atoms with Crippen LogP contribution in [0.5, 0.6) is 0 Å². The summed E-state index contributed by atoms with van der Waals surface area (Å²) in [6, 6.07) is 0.753. The third-order valence-corrected chi connectivity index (χ3v) is 9.32. The van der Waals surface area contributed by atoms with Gasteiger partial charge in [0.1, 0.15) is 12.1 Å². The monoisotopic (exact) mass is 372 g/mol. The van der Waals surface area contributed by atoms with E-state index in [-0.39, 0.29) is 17.2 Å². The van der Waals surface area contributed by atoms with Gasteiger partial charge in [0.05, 0.1) is 21.3 Å². The van der Waals surface area contributed by atoms with E-state index in [4.69, 9.17) is 19.5 Å². The molecule has 0 radical (unpaired) electrons. The molecule has 7 heteroatoms. The Labute approximate surface area is 151 Å². The Hall–Kier alpha value is -0.823. The molecule has 1 aliphatic heterocycles.